The molecule has 6 nitrogen and oxygen atoms in total. The zero-order valence-corrected chi connectivity index (χ0v) is 15.8. The molecule has 0 radical (unpaired) electrons. The van der Waals surface area contributed by atoms with Gasteiger partial charge in [0.2, 0.25) is 5.91 Å². The molecule has 6 heteroatoms. The number of carbonyl (C=O) groups is 1. The van der Waals surface area contributed by atoms with Crippen LogP contribution in [0.5, 0.6) is 5.75 Å². The van der Waals surface area contributed by atoms with E-state index in [0.717, 1.165) is 16.3 Å². The number of benzene rings is 3. The summed E-state index contributed by atoms with van der Waals surface area (Å²) in [5.74, 6) is 0.185. The molecule has 0 aliphatic rings. The molecule has 29 heavy (non-hydrogen) atoms. The minimum Gasteiger partial charge on any atom is -0.495 e. The van der Waals surface area contributed by atoms with Crippen LogP contribution in [-0.2, 0) is 11.3 Å². The van der Waals surface area contributed by atoms with E-state index in [-0.39, 0.29) is 18.0 Å². The second-order valence-corrected chi connectivity index (χ2v) is 6.49. The fraction of sp³-hybridized carbons (Fsp3) is 0.0870. The Balaban J connectivity index is 1.64. The Hall–Kier alpha value is -3.93. The summed E-state index contributed by atoms with van der Waals surface area (Å²) in [6.07, 6.45) is 0. The number of hydrogen-bond donors (Lipinski definition) is 1. The van der Waals surface area contributed by atoms with E-state index in [1.165, 1.54) is 17.9 Å². The van der Waals surface area contributed by atoms with E-state index in [0.29, 0.717) is 17.1 Å². The molecule has 1 aromatic heterocycles. The lowest BCUT2D eigenvalue weighted by Crippen LogP contribution is -2.29. The number of carbonyl (C=O) groups excluding carboxylic acids is 1. The summed E-state index contributed by atoms with van der Waals surface area (Å²) in [6, 6.07) is 24.1. The van der Waals surface area contributed by atoms with Crippen LogP contribution < -0.4 is 15.6 Å². The molecule has 1 amide bonds. The molecule has 0 atom stereocenters. The van der Waals surface area contributed by atoms with Crippen LogP contribution in [0, 0.1) is 0 Å². The second-order valence-electron chi connectivity index (χ2n) is 6.49. The molecule has 4 aromatic rings. The number of anilines is 1. The van der Waals surface area contributed by atoms with Gasteiger partial charge in [-0.3, -0.25) is 9.59 Å². The molecule has 144 valence electrons. The third kappa shape index (κ3) is 3.87. The molecule has 1 heterocycles. The minimum absolute atomic E-state index is 0.199. The van der Waals surface area contributed by atoms with E-state index in [1.807, 2.05) is 48.5 Å². The van der Waals surface area contributed by atoms with Crippen LogP contribution in [0.4, 0.5) is 5.69 Å². The van der Waals surface area contributed by atoms with Crippen LogP contribution in [0.2, 0.25) is 0 Å². The first kappa shape index (κ1) is 18.4. The number of rotatable bonds is 5. The SMILES string of the molecule is COc1ccccc1NC(=O)Cn1nc(-c2cccc3ccccc23)ccc1=O. The minimum atomic E-state index is -0.362. The smallest absolute Gasteiger partial charge is 0.267 e. The van der Waals surface area contributed by atoms with E-state index in [1.54, 1.807) is 24.3 Å². The van der Waals surface area contributed by atoms with Crippen LogP contribution in [0.25, 0.3) is 22.0 Å². The van der Waals surface area contributed by atoms with Gasteiger partial charge in [-0.05, 0) is 29.0 Å². The van der Waals surface area contributed by atoms with Crippen LogP contribution >= 0.6 is 0 Å². The predicted molar refractivity (Wildman–Crippen MR) is 113 cm³/mol. The van der Waals surface area contributed by atoms with E-state index in [4.69, 9.17) is 4.74 Å². The Morgan fingerprint density at radius 3 is 2.59 bits per heavy atom. The predicted octanol–water partition coefficient (Wildman–Crippen LogP) is 3.71. The number of ether oxygens (including phenoxy) is 1. The van der Waals surface area contributed by atoms with Gasteiger partial charge in [-0.1, -0.05) is 54.6 Å². The Kier molecular flexibility index (Phi) is 5.07. The van der Waals surface area contributed by atoms with Crippen molar-refractivity contribution in [1.29, 1.82) is 0 Å². The summed E-state index contributed by atoms with van der Waals surface area (Å²) in [5, 5.41) is 9.31. The Bertz CT molecular complexity index is 1240. The highest BCUT2D eigenvalue weighted by Crippen LogP contribution is 2.26. The average molecular weight is 385 g/mol. The Labute approximate surface area is 167 Å². The number of fused-ring (bicyclic) bond motifs is 1. The standard InChI is InChI=1S/C23H19N3O3/c1-29-21-12-5-4-11-20(21)24-22(27)15-26-23(28)14-13-19(25-26)18-10-6-8-16-7-2-3-9-17(16)18/h2-14H,15H2,1H3,(H,24,27). The zero-order valence-electron chi connectivity index (χ0n) is 15.8. The number of hydrogen-bond acceptors (Lipinski definition) is 4. The molecule has 0 saturated heterocycles. The largest absolute Gasteiger partial charge is 0.495 e. The monoisotopic (exact) mass is 385 g/mol. The van der Waals surface area contributed by atoms with Gasteiger partial charge in [-0.15, -0.1) is 0 Å². The molecule has 0 bridgehead atoms. The summed E-state index contributed by atoms with van der Waals surface area (Å²) >= 11 is 0. The van der Waals surface area contributed by atoms with Crippen LogP contribution in [-0.4, -0.2) is 22.8 Å². The second kappa shape index (κ2) is 7.98. The highest BCUT2D eigenvalue weighted by Gasteiger charge is 2.11. The molecule has 4 rings (SSSR count). The summed E-state index contributed by atoms with van der Waals surface area (Å²) in [5.41, 5.74) is 1.73. The molecule has 0 unspecified atom stereocenters. The maximum atomic E-state index is 12.5. The Morgan fingerprint density at radius 1 is 0.966 bits per heavy atom. The quantitative estimate of drug-likeness (QED) is 0.568. The van der Waals surface area contributed by atoms with Gasteiger partial charge in [-0.2, -0.15) is 5.10 Å². The van der Waals surface area contributed by atoms with Crippen molar-refractivity contribution in [1.82, 2.24) is 9.78 Å². The lowest BCUT2D eigenvalue weighted by Gasteiger charge is -2.11. The number of para-hydroxylation sites is 2. The maximum absolute atomic E-state index is 12.5. The number of amides is 1. The van der Waals surface area contributed by atoms with Gasteiger partial charge >= 0.3 is 0 Å². The summed E-state index contributed by atoms with van der Waals surface area (Å²) in [4.78, 5) is 24.8. The summed E-state index contributed by atoms with van der Waals surface area (Å²) in [6.45, 7) is -0.199. The number of aromatic nitrogens is 2. The van der Waals surface area contributed by atoms with Crippen molar-refractivity contribution in [3.05, 3.63) is 89.2 Å². The van der Waals surface area contributed by atoms with E-state index in [9.17, 15) is 9.59 Å². The Morgan fingerprint density at radius 2 is 1.72 bits per heavy atom. The molecule has 0 aliphatic carbocycles. The van der Waals surface area contributed by atoms with E-state index < -0.39 is 0 Å². The van der Waals surface area contributed by atoms with E-state index >= 15 is 0 Å². The molecule has 0 fully saturated rings. The number of nitrogens with zero attached hydrogens (tertiary/aromatic N) is 2. The van der Waals surface area contributed by atoms with Gasteiger partial charge in [0.1, 0.15) is 12.3 Å². The first-order valence-corrected chi connectivity index (χ1v) is 9.15. The number of methoxy groups -OCH3 is 1. The highest BCUT2D eigenvalue weighted by atomic mass is 16.5. The third-order valence-electron chi connectivity index (χ3n) is 4.61. The van der Waals surface area contributed by atoms with Gasteiger partial charge in [0.15, 0.2) is 0 Å². The van der Waals surface area contributed by atoms with Gasteiger partial charge in [0, 0.05) is 11.6 Å². The normalized spacial score (nSPS) is 10.7. The average Bonchev–Trinajstić information content (AvgIpc) is 2.75. The topological polar surface area (TPSA) is 73.2 Å². The molecule has 0 spiro atoms. The molecule has 1 N–H and O–H groups in total. The zero-order chi connectivity index (χ0) is 20.2. The molecule has 3 aromatic carbocycles. The van der Waals surface area contributed by atoms with Crippen molar-refractivity contribution in [2.24, 2.45) is 0 Å². The number of nitrogens with one attached hydrogen (secondary N) is 1. The molecular weight excluding hydrogens is 366 g/mol. The van der Waals surface area contributed by atoms with Crippen molar-refractivity contribution < 1.29 is 9.53 Å². The third-order valence-corrected chi connectivity index (χ3v) is 4.61. The fourth-order valence-electron chi connectivity index (χ4n) is 3.23. The van der Waals surface area contributed by atoms with E-state index in [2.05, 4.69) is 10.4 Å². The van der Waals surface area contributed by atoms with Gasteiger partial charge in [-0.25, -0.2) is 4.68 Å². The van der Waals surface area contributed by atoms with Crippen LogP contribution in [0.1, 0.15) is 0 Å². The first-order chi connectivity index (χ1) is 14.2. The van der Waals surface area contributed by atoms with Gasteiger partial charge < -0.3 is 10.1 Å². The lowest BCUT2D eigenvalue weighted by atomic mass is 10.0. The van der Waals surface area contributed by atoms with Crippen LogP contribution in [0.3, 0.4) is 0 Å². The van der Waals surface area contributed by atoms with Crippen molar-refractivity contribution in [2.75, 3.05) is 12.4 Å². The highest BCUT2D eigenvalue weighted by molar-refractivity contribution is 5.95. The van der Waals surface area contributed by atoms with Crippen molar-refractivity contribution >= 4 is 22.4 Å². The van der Waals surface area contributed by atoms with Crippen molar-refractivity contribution in [2.45, 2.75) is 6.54 Å². The summed E-state index contributed by atoms with van der Waals surface area (Å²) < 4.78 is 6.41. The molecule has 0 aliphatic heterocycles. The summed E-state index contributed by atoms with van der Waals surface area (Å²) in [7, 11) is 1.53. The fourth-order valence-corrected chi connectivity index (χ4v) is 3.23. The van der Waals surface area contributed by atoms with Gasteiger partial charge in [0.05, 0.1) is 18.5 Å². The molecule has 0 saturated carbocycles. The van der Waals surface area contributed by atoms with Crippen molar-refractivity contribution in [3.8, 4) is 17.0 Å². The first-order valence-electron chi connectivity index (χ1n) is 9.15. The van der Waals surface area contributed by atoms with Gasteiger partial charge in [0.25, 0.3) is 5.56 Å². The lowest BCUT2D eigenvalue weighted by molar-refractivity contribution is -0.117. The molecular formula is C23H19N3O3. The maximum Gasteiger partial charge on any atom is 0.267 e. The van der Waals surface area contributed by atoms with Crippen LogP contribution in [0.15, 0.2) is 83.7 Å². The van der Waals surface area contributed by atoms with Crippen molar-refractivity contribution in [3.63, 3.8) is 0 Å².